The van der Waals surface area contributed by atoms with Crippen LogP contribution in [0, 0.1) is 12.8 Å². The molecule has 2 fully saturated rings. The monoisotopic (exact) mass is 514 g/mol. The van der Waals surface area contributed by atoms with Gasteiger partial charge in [0, 0.05) is 30.0 Å². The van der Waals surface area contributed by atoms with Crippen LogP contribution in [0.25, 0.3) is 5.76 Å². The highest BCUT2D eigenvalue weighted by Gasteiger charge is 2.48. The first-order chi connectivity index (χ1) is 18.3. The SMILES string of the molecule is Cc1ccc(C2/C(=C(/O)c3cccc(OCC(C)C)c3)C(=O)C(=O)N2c2ccc(N3CCCCC3)cc2)o1. The lowest BCUT2D eigenvalue weighted by molar-refractivity contribution is -0.132. The van der Waals surface area contributed by atoms with Crippen molar-refractivity contribution < 1.29 is 23.8 Å². The number of anilines is 2. The van der Waals surface area contributed by atoms with E-state index < -0.39 is 17.7 Å². The van der Waals surface area contributed by atoms with Gasteiger partial charge >= 0.3 is 0 Å². The van der Waals surface area contributed by atoms with Crippen molar-refractivity contribution in [3.63, 3.8) is 0 Å². The Morgan fingerprint density at radius 2 is 1.71 bits per heavy atom. The molecule has 5 rings (SSSR count). The number of Topliss-reactive ketones (excluding diaryl/α,β-unsaturated/α-hetero) is 1. The van der Waals surface area contributed by atoms with Crippen LogP contribution in [0.15, 0.2) is 70.7 Å². The molecule has 0 radical (unpaired) electrons. The van der Waals surface area contributed by atoms with Gasteiger partial charge in [-0.05, 0) is 80.6 Å². The summed E-state index contributed by atoms with van der Waals surface area (Å²) in [6, 6.07) is 17.3. The van der Waals surface area contributed by atoms with E-state index in [0.717, 1.165) is 31.6 Å². The summed E-state index contributed by atoms with van der Waals surface area (Å²) < 4.78 is 11.7. The lowest BCUT2D eigenvalue weighted by Gasteiger charge is -2.29. The Morgan fingerprint density at radius 1 is 1.00 bits per heavy atom. The maximum absolute atomic E-state index is 13.4. The average molecular weight is 515 g/mol. The molecule has 38 heavy (non-hydrogen) atoms. The second-order valence-electron chi connectivity index (χ2n) is 10.4. The molecule has 0 bridgehead atoms. The molecule has 198 valence electrons. The summed E-state index contributed by atoms with van der Waals surface area (Å²) in [5.41, 5.74) is 2.05. The molecule has 7 heteroatoms. The summed E-state index contributed by atoms with van der Waals surface area (Å²) >= 11 is 0. The van der Waals surface area contributed by atoms with Crippen LogP contribution in [0.1, 0.15) is 56.2 Å². The fourth-order valence-electron chi connectivity index (χ4n) is 5.10. The first-order valence-corrected chi connectivity index (χ1v) is 13.3. The average Bonchev–Trinajstić information content (AvgIpc) is 3.48. The molecule has 1 N–H and O–H groups in total. The number of carbonyl (C=O) groups excluding carboxylic acids is 2. The van der Waals surface area contributed by atoms with Crippen molar-refractivity contribution in [3.8, 4) is 5.75 Å². The molecular formula is C31H34N2O5. The molecule has 0 spiro atoms. The zero-order valence-corrected chi connectivity index (χ0v) is 22.1. The number of aryl methyl sites for hydroxylation is 1. The normalized spacial score (nSPS) is 19.4. The van der Waals surface area contributed by atoms with E-state index in [9.17, 15) is 14.7 Å². The van der Waals surface area contributed by atoms with Gasteiger partial charge in [-0.3, -0.25) is 14.5 Å². The quantitative estimate of drug-likeness (QED) is 0.228. The van der Waals surface area contributed by atoms with Gasteiger partial charge in [0.15, 0.2) is 0 Å². The molecule has 0 saturated carbocycles. The third kappa shape index (κ3) is 5.05. The first kappa shape index (κ1) is 25.6. The largest absolute Gasteiger partial charge is 0.507 e. The summed E-state index contributed by atoms with van der Waals surface area (Å²) in [6.07, 6.45) is 3.57. The molecule has 0 aliphatic carbocycles. The molecule has 2 aliphatic heterocycles. The number of benzene rings is 2. The molecule has 7 nitrogen and oxygen atoms in total. The maximum Gasteiger partial charge on any atom is 0.300 e. The topological polar surface area (TPSA) is 83.2 Å². The van der Waals surface area contributed by atoms with Crippen LogP contribution in [0.2, 0.25) is 0 Å². The van der Waals surface area contributed by atoms with Gasteiger partial charge in [-0.1, -0.05) is 26.0 Å². The molecule has 3 aromatic rings. The minimum absolute atomic E-state index is 0.00883. The van der Waals surface area contributed by atoms with Crippen LogP contribution < -0.4 is 14.5 Å². The summed E-state index contributed by atoms with van der Waals surface area (Å²) in [5, 5.41) is 11.4. The van der Waals surface area contributed by atoms with E-state index in [1.54, 1.807) is 43.3 Å². The Balaban J connectivity index is 1.55. The van der Waals surface area contributed by atoms with Crippen LogP contribution in [-0.2, 0) is 9.59 Å². The summed E-state index contributed by atoms with van der Waals surface area (Å²) in [5.74, 6) is 0.256. The van der Waals surface area contributed by atoms with Crippen LogP contribution in [0.3, 0.4) is 0 Å². The number of carbonyl (C=O) groups is 2. The highest BCUT2D eigenvalue weighted by atomic mass is 16.5. The number of hydrogen-bond acceptors (Lipinski definition) is 6. The number of piperidine rings is 1. The van der Waals surface area contributed by atoms with Crippen molar-refractivity contribution in [1.82, 2.24) is 0 Å². The molecule has 2 saturated heterocycles. The summed E-state index contributed by atoms with van der Waals surface area (Å²) in [7, 11) is 0. The van der Waals surface area contributed by atoms with E-state index in [2.05, 4.69) is 18.7 Å². The number of ether oxygens (including phenoxy) is 1. The number of furan rings is 1. The zero-order valence-electron chi connectivity index (χ0n) is 22.1. The van der Waals surface area contributed by atoms with E-state index in [0.29, 0.717) is 41.0 Å². The van der Waals surface area contributed by atoms with Gasteiger partial charge in [0.2, 0.25) is 0 Å². The Bertz CT molecular complexity index is 1350. The van der Waals surface area contributed by atoms with Crippen LogP contribution in [0.5, 0.6) is 5.75 Å². The van der Waals surface area contributed by atoms with Crippen LogP contribution in [0.4, 0.5) is 11.4 Å². The number of nitrogens with zero attached hydrogens (tertiary/aromatic N) is 2. The number of aliphatic hydroxyl groups is 1. The minimum atomic E-state index is -0.898. The molecule has 2 aromatic carbocycles. The Hall–Kier alpha value is -4.00. The van der Waals surface area contributed by atoms with Gasteiger partial charge < -0.3 is 19.2 Å². The van der Waals surface area contributed by atoms with Gasteiger partial charge in [-0.2, -0.15) is 0 Å². The van der Waals surface area contributed by atoms with Crippen LogP contribution >= 0.6 is 0 Å². The zero-order chi connectivity index (χ0) is 26.8. The fraction of sp³-hybridized carbons (Fsp3) is 0.355. The standard InChI is InChI=1S/C31H34N2O5/c1-20(2)19-37-25-9-7-8-22(18-25)29(34)27-28(26-15-10-21(3)38-26)33(31(36)30(27)35)24-13-11-23(12-14-24)32-16-5-4-6-17-32/h7-15,18,20,28,34H,4-6,16-17,19H2,1-3H3/b29-27-. The summed E-state index contributed by atoms with van der Waals surface area (Å²) in [6.45, 7) is 8.45. The highest BCUT2D eigenvalue weighted by Crippen LogP contribution is 2.43. The van der Waals surface area contributed by atoms with E-state index in [-0.39, 0.29) is 11.3 Å². The predicted octanol–water partition coefficient (Wildman–Crippen LogP) is 6.24. The number of ketones is 1. The van der Waals surface area contributed by atoms with Crippen LogP contribution in [-0.4, -0.2) is 36.5 Å². The number of hydrogen-bond donors (Lipinski definition) is 1. The Labute approximate surface area is 223 Å². The molecule has 2 aliphatic rings. The fourth-order valence-corrected chi connectivity index (χ4v) is 5.10. The first-order valence-electron chi connectivity index (χ1n) is 13.3. The third-order valence-electron chi connectivity index (χ3n) is 7.01. The van der Waals surface area contributed by atoms with E-state index in [1.165, 1.54) is 11.3 Å². The van der Waals surface area contributed by atoms with E-state index in [1.807, 2.05) is 24.3 Å². The Kier molecular flexibility index (Phi) is 7.27. The number of amides is 1. The van der Waals surface area contributed by atoms with Crippen molar-refractivity contribution in [3.05, 3.63) is 83.3 Å². The van der Waals surface area contributed by atoms with E-state index >= 15 is 0 Å². The second kappa shape index (κ2) is 10.8. The Morgan fingerprint density at radius 3 is 2.37 bits per heavy atom. The van der Waals surface area contributed by atoms with Gasteiger partial charge in [0.25, 0.3) is 11.7 Å². The van der Waals surface area contributed by atoms with Gasteiger partial charge in [-0.15, -0.1) is 0 Å². The number of aliphatic hydroxyl groups excluding tert-OH is 1. The van der Waals surface area contributed by atoms with E-state index in [4.69, 9.17) is 9.15 Å². The lowest BCUT2D eigenvalue weighted by Crippen LogP contribution is -2.30. The maximum atomic E-state index is 13.4. The van der Waals surface area contributed by atoms with Gasteiger partial charge in [0.1, 0.15) is 29.1 Å². The molecule has 3 heterocycles. The van der Waals surface area contributed by atoms with Crippen molar-refractivity contribution in [2.75, 3.05) is 29.5 Å². The molecular weight excluding hydrogens is 480 g/mol. The predicted molar refractivity (Wildman–Crippen MR) is 148 cm³/mol. The van der Waals surface area contributed by atoms with Crippen molar-refractivity contribution >= 4 is 28.8 Å². The lowest BCUT2D eigenvalue weighted by atomic mass is 9.99. The number of rotatable bonds is 7. The van der Waals surface area contributed by atoms with Crippen molar-refractivity contribution in [2.24, 2.45) is 5.92 Å². The van der Waals surface area contributed by atoms with Crippen molar-refractivity contribution in [1.29, 1.82) is 0 Å². The summed E-state index contributed by atoms with van der Waals surface area (Å²) in [4.78, 5) is 30.6. The van der Waals surface area contributed by atoms with Gasteiger partial charge in [-0.25, -0.2) is 0 Å². The smallest absolute Gasteiger partial charge is 0.300 e. The highest BCUT2D eigenvalue weighted by molar-refractivity contribution is 6.51. The molecule has 1 atom stereocenters. The molecule has 1 amide bonds. The molecule has 1 aromatic heterocycles. The van der Waals surface area contributed by atoms with Gasteiger partial charge in [0.05, 0.1) is 12.2 Å². The molecule has 1 unspecified atom stereocenters. The third-order valence-corrected chi connectivity index (χ3v) is 7.01. The minimum Gasteiger partial charge on any atom is -0.507 e. The van der Waals surface area contributed by atoms with Crippen molar-refractivity contribution in [2.45, 2.75) is 46.1 Å². The second-order valence-corrected chi connectivity index (χ2v) is 10.4.